The number of anilines is 1. The highest BCUT2D eigenvalue weighted by Gasteiger charge is 2.25. The number of aromatic nitrogens is 2. The molecule has 7 heteroatoms. The standard InChI is InChI=1S/C13H14ClN3O2S/c14-13-16-11-6-2-1-5-10(11)12(17-13)15-9-4-3-7-20(18,19)8-9/h1-2,5-6,9H,3-4,7-8H2,(H,15,16,17). The predicted octanol–water partition coefficient (Wildman–Crippen LogP) is 2.27. The molecule has 106 valence electrons. The molecule has 0 spiro atoms. The SMILES string of the molecule is O=S1(=O)CCCC(Nc2nc(Cl)nc3ccccc23)C1. The number of halogens is 1. The van der Waals surface area contributed by atoms with E-state index in [4.69, 9.17) is 11.6 Å². The number of benzene rings is 1. The van der Waals surface area contributed by atoms with E-state index in [0.717, 1.165) is 17.3 Å². The lowest BCUT2D eigenvalue weighted by Crippen LogP contribution is -2.35. The summed E-state index contributed by atoms with van der Waals surface area (Å²) < 4.78 is 23.4. The van der Waals surface area contributed by atoms with Gasteiger partial charge >= 0.3 is 0 Å². The lowest BCUT2D eigenvalue weighted by Gasteiger charge is -2.24. The Kier molecular flexibility index (Phi) is 3.52. The van der Waals surface area contributed by atoms with E-state index in [1.807, 2.05) is 24.3 Å². The maximum Gasteiger partial charge on any atom is 0.224 e. The minimum Gasteiger partial charge on any atom is -0.366 e. The molecule has 1 saturated heterocycles. The van der Waals surface area contributed by atoms with Crippen molar-refractivity contribution >= 4 is 38.2 Å². The minimum absolute atomic E-state index is 0.122. The van der Waals surface area contributed by atoms with Gasteiger partial charge in [-0.15, -0.1) is 0 Å². The zero-order valence-corrected chi connectivity index (χ0v) is 12.3. The van der Waals surface area contributed by atoms with Gasteiger partial charge in [-0.2, -0.15) is 0 Å². The topological polar surface area (TPSA) is 72.0 Å². The molecule has 1 N–H and O–H groups in total. The van der Waals surface area contributed by atoms with Crippen molar-refractivity contribution in [3.8, 4) is 0 Å². The smallest absolute Gasteiger partial charge is 0.224 e. The Labute approximate surface area is 122 Å². The van der Waals surface area contributed by atoms with Crippen molar-refractivity contribution in [2.75, 3.05) is 16.8 Å². The van der Waals surface area contributed by atoms with Crippen LogP contribution in [0.1, 0.15) is 12.8 Å². The van der Waals surface area contributed by atoms with E-state index in [9.17, 15) is 8.42 Å². The van der Waals surface area contributed by atoms with Gasteiger partial charge in [-0.3, -0.25) is 0 Å². The summed E-state index contributed by atoms with van der Waals surface area (Å²) in [6.07, 6.45) is 1.49. The van der Waals surface area contributed by atoms with Crippen molar-refractivity contribution in [3.63, 3.8) is 0 Å². The molecule has 2 heterocycles. The molecule has 1 aliphatic rings. The van der Waals surface area contributed by atoms with Gasteiger partial charge in [-0.25, -0.2) is 18.4 Å². The Morgan fingerprint density at radius 1 is 1.25 bits per heavy atom. The largest absolute Gasteiger partial charge is 0.366 e. The fraction of sp³-hybridized carbons (Fsp3) is 0.385. The summed E-state index contributed by atoms with van der Waals surface area (Å²) >= 11 is 5.92. The van der Waals surface area contributed by atoms with Crippen LogP contribution in [0.5, 0.6) is 0 Å². The molecule has 1 aromatic carbocycles. The summed E-state index contributed by atoms with van der Waals surface area (Å²) in [5.74, 6) is 1.02. The Bertz CT molecular complexity index is 748. The minimum atomic E-state index is -2.95. The quantitative estimate of drug-likeness (QED) is 0.861. The monoisotopic (exact) mass is 311 g/mol. The molecule has 1 unspecified atom stereocenters. The van der Waals surface area contributed by atoms with E-state index >= 15 is 0 Å². The van der Waals surface area contributed by atoms with E-state index in [1.165, 1.54) is 0 Å². The first-order chi connectivity index (χ1) is 9.53. The maximum absolute atomic E-state index is 11.7. The second-order valence-electron chi connectivity index (χ2n) is 4.96. The van der Waals surface area contributed by atoms with Gasteiger partial charge in [0, 0.05) is 11.4 Å². The zero-order valence-electron chi connectivity index (χ0n) is 10.7. The van der Waals surface area contributed by atoms with E-state index in [0.29, 0.717) is 12.2 Å². The van der Waals surface area contributed by atoms with E-state index < -0.39 is 9.84 Å². The Morgan fingerprint density at radius 3 is 2.85 bits per heavy atom. The van der Waals surface area contributed by atoms with Crippen molar-refractivity contribution in [1.82, 2.24) is 9.97 Å². The highest BCUT2D eigenvalue weighted by atomic mass is 35.5. The van der Waals surface area contributed by atoms with Crippen LogP contribution >= 0.6 is 11.6 Å². The van der Waals surface area contributed by atoms with Crippen LogP contribution in [0.2, 0.25) is 5.28 Å². The highest BCUT2D eigenvalue weighted by molar-refractivity contribution is 7.91. The molecular weight excluding hydrogens is 298 g/mol. The molecular formula is C13H14ClN3O2S. The fourth-order valence-corrected chi connectivity index (χ4v) is 4.30. The van der Waals surface area contributed by atoms with Crippen molar-refractivity contribution in [2.24, 2.45) is 0 Å². The number of fused-ring (bicyclic) bond motifs is 1. The molecule has 20 heavy (non-hydrogen) atoms. The number of rotatable bonds is 2. The van der Waals surface area contributed by atoms with E-state index in [1.54, 1.807) is 0 Å². The average molecular weight is 312 g/mol. The second kappa shape index (κ2) is 5.18. The number of sulfone groups is 1. The summed E-state index contributed by atoms with van der Waals surface area (Å²) in [7, 11) is -2.95. The Hall–Kier alpha value is -1.40. The van der Waals surface area contributed by atoms with Crippen LogP contribution < -0.4 is 5.32 Å². The molecule has 1 aliphatic heterocycles. The third-order valence-corrected chi connectivity index (χ3v) is 5.37. The molecule has 2 aromatic rings. The van der Waals surface area contributed by atoms with Crippen molar-refractivity contribution in [2.45, 2.75) is 18.9 Å². The lowest BCUT2D eigenvalue weighted by molar-refractivity contribution is 0.561. The first-order valence-corrected chi connectivity index (χ1v) is 8.63. The molecule has 0 bridgehead atoms. The third-order valence-electron chi connectivity index (χ3n) is 3.38. The van der Waals surface area contributed by atoms with Crippen LogP contribution in [0.3, 0.4) is 0 Å². The number of nitrogens with zero attached hydrogens (tertiary/aromatic N) is 2. The molecule has 1 atom stereocenters. The molecule has 0 radical (unpaired) electrons. The van der Waals surface area contributed by atoms with Gasteiger partial charge in [0.15, 0.2) is 9.84 Å². The van der Waals surface area contributed by atoms with E-state index in [2.05, 4.69) is 15.3 Å². The predicted molar refractivity (Wildman–Crippen MR) is 79.8 cm³/mol. The molecule has 5 nitrogen and oxygen atoms in total. The summed E-state index contributed by atoms with van der Waals surface area (Å²) in [5, 5.41) is 4.21. The molecule has 1 aromatic heterocycles. The van der Waals surface area contributed by atoms with Crippen LogP contribution in [0.15, 0.2) is 24.3 Å². The van der Waals surface area contributed by atoms with E-state index in [-0.39, 0.29) is 22.8 Å². The van der Waals surface area contributed by atoms with Crippen LogP contribution in [-0.2, 0) is 9.84 Å². The first-order valence-electron chi connectivity index (χ1n) is 6.43. The van der Waals surface area contributed by atoms with Crippen molar-refractivity contribution in [3.05, 3.63) is 29.5 Å². The number of nitrogens with one attached hydrogen (secondary N) is 1. The summed E-state index contributed by atoms with van der Waals surface area (Å²) in [6, 6.07) is 7.39. The fourth-order valence-electron chi connectivity index (χ4n) is 2.49. The molecule has 0 amide bonds. The lowest BCUT2D eigenvalue weighted by atomic mass is 10.1. The van der Waals surface area contributed by atoms with Gasteiger partial charge in [0.05, 0.1) is 17.0 Å². The maximum atomic E-state index is 11.7. The number of hydrogen-bond donors (Lipinski definition) is 1. The molecule has 1 fully saturated rings. The summed E-state index contributed by atoms with van der Waals surface area (Å²) in [6.45, 7) is 0. The number of hydrogen-bond acceptors (Lipinski definition) is 5. The molecule has 3 rings (SSSR count). The van der Waals surface area contributed by atoms with Crippen molar-refractivity contribution in [1.29, 1.82) is 0 Å². The molecule has 0 aliphatic carbocycles. The normalized spacial score (nSPS) is 21.8. The van der Waals surface area contributed by atoms with Gasteiger partial charge < -0.3 is 5.32 Å². The summed E-state index contributed by atoms with van der Waals surface area (Å²) in [5.41, 5.74) is 0.744. The Morgan fingerprint density at radius 2 is 2.05 bits per heavy atom. The second-order valence-corrected chi connectivity index (χ2v) is 7.52. The van der Waals surface area contributed by atoms with Gasteiger partial charge in [-0.05, 0) is 36.6 Å². The van der Waals surface area contributed by atoms with Gasteiger partial charge in [0.1, 0.15) is 5.82 Å². The van der Waals surface area contributed by atoms with Crippen LogP contribution in [0.25, 0.3) is 10.9 Å². The zero-order chi connectivity index (χ0) is 14.2. The highest BCUT2D eigenvalue weighted by Crippen LogP contribution is 2.24. The van der Waals surface area contributed by atoms with Gasteiger partial charge in [0.2, 0.25) is 5.28 Å². The van der Waals surface area contributed by atoms with Gasteiger partial charge in [0.25, 0.3) is 0 Å². The average Bonchev–Trinajstić information content (AvgIpc) is 2.37. The molecule has 0 saturated carbocycles. The van der Waals surface area contributed by atoms with Crippen LogP contribution in [-0.4, -0.2) is 35.9 Å². The van der Waals surface area contributed by atoms with Gasteiger partial charge in [-0.1, -0.05) is 12.1 Å². The Balaban J connectivity index is 1.94. The van der Waals surface area contributed by atoms with Crippen LogP contribution in [0, 0.1) is 0 Å². The van der Waals surface area contributed by atoms with Crippen molar-refractivity contribution < 1.29 is 8.42 Å². The first kappa shape index (κ1) is 13.6. The number of para-hydroxylation sites is 1. The van der Waals surface area contributed by atoms with Crippen LogP contribution in [0.4, 0.5) is 5.82 Å². The summed E-state index contributed by atoms with van der Waals surface area (Å²) in [4.78, 5) is 8.35. The third kappa shape index (κ3) is 2.86.